The minimum atomic E-state index is 0.0155. The highest BCUT2D eigenvalue weighted by Crippen LogP contribution is 2.18. The molecule has 13 heavy (non-hydrogen) atoms. The van der Waals surface area contributed by atoms with Crippen LogP contribution >= 0.6 is 0 Å². The molecule has 1 rings (SSSR count). The molecular weight excluding hydrogens is 162 g/mol. The Kier molecular flexibility index (Phi) is 3.17. The topological polar surface area (TPSA) is 50.9 Å². The standard InChI is InChI=1S/C10H15N3/c1-7(2)10(13-11)9-4-5-12-8(3)6-9/h4-6,10,13H,1,11H2,2-3H3. The van der Waals surface area contributed by atoms with Crippen molar-refractivity contribution in [2.24, 2.45) is 5.84 Å². The van der Waals surface area contributed by atoms with E-state index in [4.69, 9.17) is 5.84 Å². The molecule has 0 fully saturated rings. The maximum Gasteiger partial charge on any atom is 0.0665 e. The second-order valence-corrected chi connectivity index (χ2v) is 3.18. The average Bonchev–Trinajstić information content (AvgIpc) is 2.04. The summed E-state index contributed by atoms with van der Waals surface area (Å²) in [7, 11) is 0. The zero-order valence-corrected chi connectivity index (χ0v) is 8.04. The SMILES string of the molecule is C=C(C)C(NN)c1ccnc(C)c1. The Balaban J connectivity index is 2.98. The van der Waals surface area contributed by atoms with Crippen LogP contribution in [0.2, 0.25) is 0 Å². The summed E-state index contributed by atoms with van der Waals surface area (Å²) in [5.74, 6) is 5.42. The van der Waals surface area contributed by atoms with E-state index in [1.54, 1.807) is 6.20 Å². The number of nitrogens with two attached hydrogens (primary N) is 1. The number of rotatable bonds is 3. The third kappa shape index (κ3) is 2.37. The van der Waals surface area contributed by atoms with E-state index in [-0.39, 0.29) is 6.04 Å². The number of aromatic nitrogens is 1. The summed E-state index contributed by atoms with van der Waals surface area (Å²) >= 11 is 0. The Morgan fingerprint density at radius 2 is 2.38 bits per heavy atom. The van der Waals surface area contributed by atoms with Crippen LogP contribution in [0.25, 0.3) is 0 Å². The van der Waals surface area contributed by atoms with E-state index in [9.17, 15) is 0 Å². The molecule has 0 aliphatic carbocycles. The lowest BCUT2D eigenvalue weighted by atomic mass is 10.0. The molecule has 1 atom stereocenters. The maximum absolute atomic E-state index is 5.42. The molecule has 1 aromatic rings. The van der Waals surface area contributed by atoms with Gasteiger partial charge in [0.2, 0.25) is 0 Å². The van der Waals surface area contributed by atoms with Crippen molar-refractivity contribution >= 4 is 0 Å². The second kappa shape index (κ2) is 4.16. The van der Waals surface area contributed by atoms with Crippen molar-refractivity contribution < 1.29 is 0 Å². The Morgan fingerprint density at radius 1 is 1.69 bits per heavy atom. The van der Waals surface area contributed by atoms with Gasteiger partial charge in [0.25, 0.3) is 0 Å². The van der Waals surface area contributed by atoms with Crippen molar-refractivity contribution in [3.63, 3.8) is 0 Å². The second-order valence-electron chi connectivity index (χ2n) is 3.18. The van der Waals surface area contributed by atoms with E-state index in [2.05, 4.69) is 17.0 Å². The maximum atomic E-state index is 5.42. The molecule has 1 unspecified atom stereocenters. The monoisotopic (exact) mass is 177 g/mol. The van der Waals surface area contributed by atoms with E-state index in [1.807, 2.05) is 26.0 Å². The predicted octanol–water partition coefficient (Wildman–Crippen LogP) is 1.47. The molecule has 1 aromatic heterocycles. The Morgan fingerprint density at radius 3 is 2.85 bits per heavy atom. The van der Waals surface area contributed by atoms with Crippen LogP contribution in [0.5, 0.6) is 0 Å². The fourth-order valence-electron chi connectivity index (χ4n) is 1.27. The smallest absolute Gasteiger partial charge is 0.0665 e. The van der Waals surface area contributed by atoms with Crippen molar-refractivity contribution in [1.29, 1.82) is 0 Å². The molecule has 0 saturated heterocycles. The normalized spacial score (nSPS) is 12.5. The minimum Gasteiger partial charge on any atom is -0.271 e. The molecule has 0 aromatic carbocycles. The van der Waals surface area contributed by atoms with Crippen LogP contribution in [-0.4, -0.2) is 4.98 Å². The van der Waals surface area contributed by atoms with Gasteiger partial charge in [-0.3, -0.25) is 10.8 Å². The molecule has 0 aliphatic heterocycles. The van der Waals surface area contributed by atoms with E-state index in [0.717, 1.165) is 16.8 Å². The van der Waals surface area contributed by atoms with E-state index >= 15 is 0 Å². The highest BCUT2D eigenvalue weighted by Gasteiger charge is 2.09. The van der Waals surface area contributed by atoms with Gasteiger partial charge in [0, 0.05) is 11.9 Å². The lowest BCUT2D eigenvalue weighted by Crippen LogP contribution is -2.28. The first-order valence-corrected chi connectivity index (χ1v) is 4.19. The molecular formula is C10H15N3. The largest absolute Gasteiger partial charge is 0.271 e. The summed E-state index contributed by atoms with van der Waals surface area (Å²) in [6, 6.07) is 3.95. The first kappa shape index (κ1) is 9.89. The highest BCUT2D eigenvalue weighted by atomic mass is 15.2. The highest BCUT2D eigenvalue weighted by molar-refractivity contribution is 5.25. The number of pyridine rings is 1. The van der Waals surface area contributed by atoms with Crippen molar-refractivity contribution in [3.05, 3.63) is 41.7 Å². The molecule has 3 N–H and O–H groups in total. The van der Waals surface area contributed by atoms with Gasteiger partial charge in [-0.15, -0.1) is 0 Å². The Labute approximate surface area is 78.6 Å². The van der Waals surface area contributed by atoms with Gasteiger partial charge in [-0.05, 0) is 31.5 Å². The average molecular weight is 177 g/mol. The van der Waals surface area contributed by atoms with Crippen molar-refractivity contribution in [2.75, 3.05) is 0 Å². The van der Waals surface area contributed by atoms with Crippen molar-refractivity contribution in [1.82, 2.24) is 10.4 Å². The third-order valence-corrected chi connectivity index (χ3v) is 1.91. The number of nitrogens with one attached hydrogen (secondary N) is 1. The van der Waals surface area contributed by atoms with Gasteiger partial charge in [0.15, 0.2) is 0 Å². The zero-order chi connectivity index (χ0) is 9.84. The first-order chi connectivity index (χ1) is 6.15. The van der Waals surface area contributed by atoms with Gasteiger partial charge in [0.1, 0.15) is 0 Å². The molecule has 1 heterocycles. The van der Waals surface area contributed by atoms with Gasteiger partial charge in [-0.2, -0.15) is 0 Å². The summed E-state index contributed by atoms with van der Waals surface area (Å²) in [6.07, 6.45) is 1.78. The number of hydrazine groups is 1. The molecule has 0 saturated carbocycles. The molecule has 3 heteroatoms. The molecule has 0 aliphatic rings. The number of nitrogens with zero attached hydrogens (tertiary/aromatic N) is 1. The van der Waals surface area contributed by atoms with Gasteiger partial charge in [0.05, 0.1) is 6.04 Å². The fraction of sp³-hybridized carbons (Fsp3) is 0.300. The van der Waals surface area contributed by atoms with Crippen LogP contribution in [0, 0.1) is 6.92 Å². The molecule has 70 valence electrons. The van der Waals surface area contributed by atoms with Gasteiger partial charge < -0.3 is 0 Å². The van der Waals surface area contributed by atoms with Gasteiger partial charge >= 0.3 is 0 Å². The minimum absolute atomic E-state index is 0.0155. The Hall–Kier alpha value is -1.19. The first-order valence-electron chi connectivity index (χ1n) is 4.19. The summed E-state index contributed by atoms with van der Waals surface area (Å²) in [6.45, 7) is 7.77. The molecule has 3 nitrogen and oxygen atoms in total. The number of hydrogen-bond acceptors (Lipinski definition) is 3. The number of aryl methyl sites for hydroxylation is 1. The van der Waals surface area contributed by atoms with Gasteiger partial charge in [-0.1, -0.05) is 12.2 Å². The van der Waals surface area contributed by atoms with Crippen LogP contribution in [0.1, 0.15) is 24.2 Å². The third-order valence-electron chi connectivity index (χ3n) is 1.91. The summed E-state index contributed by atoms with van der Waals surface area (Å²) in [4.78, 5) is 4.12. The Bertz CT molecular complexity index is 307. The molecule has 0 bridgehead atoms. The number of hydrogen-bond donors (Lipinski definition) is 2. The fourth-order valence-corrected chi connectivity index (χ4v) is 1.27. The summed E-state index contributed by atoms with van der Waals surface area (Å²) in [5, 5.41) is 0. The van der Waals surface area contributed by atoms with Crippen LogP contribution in [0.4, 0.5) is 0 Å². The lowest BCUT2D eigenvalue weighted by Gasteiger charge is -2.16. The lowest BCUT2D eigenvalue weighted by molar-refractivity contribution is 0.626. The summed E-state index contributed by atoms with van der Waals surface area (Å²) in [5.41, 5.74) is 5.80. The van der Waals surface area contributed by atoms with E-state index in [1.165, 1.54) is 0 Å². The van der Waals surface area contributed by atoms with Crippen molar-refractivity contribution in [3.8, 4) is 0 Å². The van der Waals surface area contributed by atoms with Crippen LogP contribution < -0.4 is 11.3 Å². The summed E-state index contributed by atoms with van der Waals surface area (Å²) < 4.78 is 0. The zero-order valence-electron chi connectivity index (χ0n) is 8.04. The van der Waals surface area contributed by atoms with Crippen LogP contribution in [0.15, 0.2) is 30.5 Å². The van der Waals surface area contributed by atoms with Gasteiger partial charge in [-0.25, -0.2) is 5.43 Å². The van der Waals surface area contributed by atoms with Crippen molar-refractivity contribution in [2.45, 2.75) is 19.9 Å². The van der Waals surface area contributed by atoms with E-state index in [0.29, 0.717) is 0 Å². The molecule has 0 radical (unpaired) electrons. The molecule has 0 amide bonds. The van der Waals surface area contributed by atoms with Crippen LogP contribution in [0.3, 0.4) is 0 Å². The quantitative estimate of drug-likeness (QED) is 0.417. The molecule has 0 spiro atoms. The van der Waals surface area contributed by atoms with E-state index < -0.39 is 0 Å². The predicted molar refractivity (Wildman–Crippen MR) is 53.9 cm³/mol. The van der Waals surface area contributed by atoms with Crippen LogP contribution in [-0.2, 0) is 0 Å².